The molecule has 11 heteroatoms. The summed E-state index contributed by atoms with van der Waals surface area (Å²) in [5.74, 6) is 1.15. The highest BCUT2D eigenvalue weighted by molar-refractivity contribution is 5.66. The fourth-order valence-corrected chi connectivity index (χ4v) is 3.41. The Morgan fingerprint density at radius 1 is 1.28 bits per heavy atom. The largest absolute Gasteiger partial charge is 0.496 e. The molecule has 2 aromatic heterocycles. The number of nitrogen functional groups attached to an aromatic ring is 1. The second-order valence-electron chi connectivity index (χ2n) is 7.42. The standard InChI is InChI=1S/C21H28N8O3/c1-4-5-8-23-20-16(13(2)24-21(22)25-20)11-15-9-14(6-7-17(15)32-3)10-18-26-27-28-29(18)12-19(30)31/h6-7,9H,4-5,8,10-12H2,1-3H3,(H,30,31)(H3,22,23,24,25). The molecule has 0 unspecified atom stereocenters. The number of aromatic nitrogens is 6. The number of ether oxygens (including phenoxy) is 1. The van der Waals surface area contributed by atoms with E-state index in [-0.39, 0.29) is 12.5 Å². The van der Waals surface area contributed by atoms with E-state index in [2.05, 4.69) is 37.7 Å². The van der Waals surface area contributed by atoms with Crippen LogP contribution in [-0.4, -0.2) is 54.9 Å². The number of benzene rings is 1. The molecule has 0 aliphatic carbocycles. The van der Waals surface area contributed by atoms with Crippen molar-refractivity contribution in [3.05, 3.63) is 46.4 Å². The molecule has 170 valence electrons. The summed E-state index contributed by atoms with van der Waals surface area (Å²) in [4.78, 5) is 19.8. The summed E-state index contributed by atoms with van der Waals surface area (Å²) in [6.07, 6.45) is 3.01. The van der Waals surface area contributed by atoms with Gasteiger partial charge in [-0.25, -0.2) is 9.67 Å². The number of aliphatic carboxylic acids is 1. The van der Waals surface area contributed by atoms with Crippen LogP contribution in [0.3, 0.4) is 0 Å². The first kappa shape index (κ1) is 22.9. The van der Waals surface area contributed by atoms with Gasteiger partial charge in [0.2, 0.25) is 5.95 Å². The minimum absolute atomic E-state index is 0.233. The third-order valence-electron chi connectivity index (χ3n) is 5.02. The topological polar surface area (TPSA) is 154 Å². The van der Waals surface area contributed by atoms with Crippen molar-refractivity contribution in [1.29, 1.82) is 0 Å². The third-order valence-corrected chi connectivity index (χ3v) is 5.02. The Balaban J connectivity index is 1.90. The number of hydrogen-bond acceptors (Lipinski definition) is 9. The van der Waals surface area contributed by atoms with Crippen LogP contribution in [0.25, 0.3) is 0 Å². The summed E-state index contributed by atoms with van der Waals surface area (Å²) in [5, 5.41) is 23.7. The molecule has 3 rings (SSSR count). The van der Waals surface area contributed by atoms with Gasteiger partial charge in [-0.2, -0.15) is 4.98 Å². The van der Waals surface area contributed by atoms with Crippen molar-refractivity contribution in [1.82, 2.24) is 30.2 Å². The Morgan fingerprint density at radius 2 is 2.09 bits per heavy atom. The van der Waals surface area contributed by atoms with Crippen molar-refractivity contribution in [2.75, 3.05) is 24.7 Å². The fraction of sp³-hybridized carbons (Fsp3) is 0.429. The lowest BCUT2D eigenvalue weighted by atomic mass is 9.99. The zero-order chi connectivity index (χ0) is 23.1. The number of nitrogens with zero attached hydrogens (tertiary/aromatic N) is 6. The van der Waals surface area contributed by atoms with E-state index in [9.17, 15) is 4.79 Å². The number of anilines is 2. The van der Waals surface area contributed by atoms with Crippen LogP contribution >= 0.6 is 0 Å². The zero-order valence-electron chi connectivity index (χ0n) is 18.5. The number of hydrogen-bond donors (Lipinski definition) is 3. The summed E-state index contributed by atoms with van der Waals surface area (Å²) in [6.45, 7) is 4.54. The molecule has 32 heavy (non-hydrogen) atoms. The number of carboxylic acids is 1. The van der Waals surface area contributed by atoms with E-state index in [0.29, 0.717) is 18.7 Å². The van der Waals surface area contributed by atoms with Gasteiger partial charge < -0.3 is 20.9 Å². The highest BCUT2D eigenvalue weighted by Crippen LogP contribution is 2.28. The maximum atomic E-state index is 11.0. The lowest BCUT2D eigenvalue weighted by Crippen LogP contribution is -2.14. The number of methoxy groups -OCH3 is 1. The number of rotatable bonds is 11. The lowest BCUT2D eigenvalue weighted by Gasteiger charge is -2.16. The molecule has 0 bridgehead atoms. The monoisotopic (exact) mass is 440 g/mol. The van der Waals surface area contributed by atoms with Gasteiger partial charge in [0, 0.05) is 30.6 Å². The summed E-state index contributed by atoms with van der Waals surface area (Å²) in [6, 6.07) is 5.80. The van der Waals surface area contributed by atoms with Gasteiger partial charge in [-0.1, -0.05) is 25.5 Å². The summed E-state index contributed by atoms with van der Waals surface area (Å²) < 4.78 is 6.85. The zero-order valence-corrected chi connectivity index (χ0v) is 18.5. The van der Waals surface area contributed by atoms with E-state index in [0.717, 1.165) is 53.3 Å². The summed E-state index contributed by atoms with van der Waals surface area (Å²) in [7, 11) is 1.62. The predicted molar refractivity (Wildman–Crippen MR) is 119 cm³/mol. The first-order valence-electron chi connectivity index (χ1n) is 10.4. The Bertz CT molecular complexity index is 1080. The van der Waals surface area contributed by atoms with Crippen LogP contribution in [0, 0.1) is 6.92 Å². The molecule has 4 N–H and O–H groups in total. The molecule has 0 atom stereocenters. The smallest absolute Gasteiger partial charge is 0.325 e. The highest BCUT2D eigenvalue weighted by Gasteiger charge is 2.16. The van der Waals surface area contributed by atoms with Crippen LogP contribution in [0.2, 0.25) is 0 Å². The van der Waals surface area contributed by atoms with E-state index in [1.165, 1.54) is 4.68 Å². The first-order chi connectivity index (χ1) is 15.4. The van der Waals surface area contributed by atoms with E-state index in [1.807, 2.05) is 25.1 Å². The van der Waals surface area contributed by atoms with Gasteiger partial charge in [0.15, 0.2) is 5.82 Å². The molecule has 0 radical (unpaired) electrons. The Labute approximate surface area is 186 Å². The molecule has 0 spiro atoms. The lowest BCUT2D eigenvalue weighted by molar-refractivity contribution is -0.138. The van der Waals surface area contributed by atoms with Gasteiger partial charge in [-0.15, -0.1) is 5.10 Å². The van der Waals surface area contributed by atoms with Crippen molar-refractivity contribution >= 4 is 17.7 Å². The SMILES string of the molecule is CCCCNc1nc(N)nc(C)c1Cc1cc(Cc2nnnn2CC(=O)O)ccc1OC. The van der Waals surface area contributed by atoms with Crippen molar-refractivity contribution < 1.29 is 14.6 Å². The van der Waals surface area contributed by atoms with Crippen molar-refractivity contribution in [3.63, 3.8) is 0 Å². The van der Waals surface area contributed by atoms with Gasteiger partial charge in [0.25, 0.3) is 0 Å². The van der Waals surface area contributed by atoms with Crippen molar-refractivity contribution in [3.8, 4) is 5.75 Å². The summed E-state index contributed by atoms with van der Waals surface area (Å²) in [5.41, 5.74) is 9.50. The number of nitrogens with two attached hydrogens (primary N) is 1. The van der Waals surface area contributed by atoms with Crippen molar-refractivity contribution in [2.45, 2.75) is 46.1 Å². The Morgan fingerprint density at radius 3 is 2.81 bits per heavy atom. The molecule has 0 aliphatic heterocycles. The van der Waals surface area contributed by atoms with Crippen LogP contribution in [0.5, 0.6) is 5.75 Å². The molecular formula is C21H28N8O3. The Kier molecular flexibility index (Phi) is 7.53. The van der Waals surface area contributed by atoms with Gasteiger partial charge in [0.1, 0.15) is 18.1 Å². The van der Waals surface area contributed by atoms with Crippen LogP contribution < -0.4 is 15.8 Å². The number of carbonyl (C=O) groups is 1. The van der Waals surface area contributed by atoms with Gasteiger partial charge >= 0.3 is 5.97 Å². The first-order valence-corrected chi connectivity index (χ1v) is 10.4. The summed E-state index contributed by atoms with van der Waals surface area (Å²) >= 11 is 0. The van der Waals surface area contributed by atoms with Crippen molar-refractivity contribution in [2.24, 2.45) is 0 Å². The predicted octanol–water partition coefficient (Wildman–Crippen LogP) is 1.84. The Hall–Kier alpha value is -3.76. The second kappa shape index (κ2) is 10.5. The van der Waals surface area contributed by atoms with Gasteiger partial charge in [0.05, 0.1) is 7.11 Å². The molecule has 3 aromatic rings. The number of carboxylic acid groups (broad SMARTS) is 1. The highest BCUT2D eigenvalue weighted by atomic mass is 16.5. The van der Waals surface area contributed by atoms with Crippen LogP contribution in [-0.2, 0) is 24.2 Å². The van der Waals surface area contributed by atoms with E-state index in [4.69, 9.17) is 15.6 Å². The second-order valence-corrected chi connectivity index (χ2v) is 7.42. The van der Waals surface area contributed by atoms with Crippen LogP contribution in [0.4, 0.5) is 11.8 Å². The molecule has 0 saturated carbocycles. The number of tetrazole rings is 1. The maximum Gasteiger partial charge on any atom is 0.325 e. The molecule has 2 heterocycles. The average molecular weight is 441 g/mol. The number of aryl methyl sites for hydroxylation is 1. The third kappa shape index (κ3) is 5.68. The number of nitrogens with one attached hydrogen (secondary N) is 1. The maximum absolute atomic E-state index is 11.0. The molecule has 0 aliphatic rings. The van der Waals surface area contributed by atoms with E-state index < -0.39 is 5.97 Å². The molecular weight excluding hydrogens is 412 g/mol. The molecule has 1 aromatic carbocycles. The molecule has 0 fully saturated rings. The van der Waals surface area contributed by atoms with Gasteiger partial charge in [-0.05, 0) is 41.0 Å². The minimum atomic E-state index is -1.00. The minimum Gasteiger partial charge on any atom is -0.496 e. The van der Waals surface area contributed by atoms with Gasteiger partial charge in [-0.3, -0.25) is 4.79 Å². The molecule has 11 nitrogen and oxygen atoms in total. The average Bonchev–Trinajstić information content (AvgIpc) is 3.16. The quantitative estimate of drug-likeness (QED) is 0.376. The van der Waals surface area contributed by atoms with Crippen LogP contribution in [0.1, 0.15) is 48.0 Å². The van der Waals surface area contributed by atoms with E-state index >= 15 is 0 Å². The number of unbranched alkanes of at least 4 members (excludes halogenated alkanes) is 1. The fourth-order valence-electron chi connectivity index (χ4n) is 3.41. The molecule has 0 amide bonds. The van der Waals surface area contributed by atoms with E-state index in [1.54, 1.807) is 7.11 Å². The molecule has 0 saturated heterocycles. The normalized spacial score (nSPS) is 10.8. The van der Waals surface area contributed by atoms with Crippen LogP contribution in [0.15, 0.2) is 18.2 Å².